The average Bonchev–Trinajstić information content (AvgIpc) is 2.70. The zero-order valence-electron chi connectivity index (χ0n) is 19.7. The molecule has 3 N–H and O–H groups in total. The number of fused-ring (bicyclic) bond motifs is 1. The Kier molecular flexibility index (Phi) is 8.47. The fourth-order valence-corrected chi connectivity index (χ4v) is 3.47. The molecule has 0 aliphatic carbocycles. The summed E-state index contributed by atoms with van der Waals surface area (Å²) in [5, 5.41) is 14.7. The number of amidine groups is 2. The summed E-state index contributed by atoms with van der Waals surface area (Å²) in [6, 6.07) is 3.83. The van der Waals surface area contributed by atoms with E-state index in [1.54, 1.807) is 21.1 Å². The molecule has 0 radical (unpaired) electrons. The predicted octanol–water partition coefficient (Wildman–Crippen LogP) is 4.13. The van der Waals surface area contributed by atoms with E-state index in [1.807, 2.05) is 44.7 Å². The van der Waals surface area contributed by atoms with Gasteiger partial charge in [-0.25, -0.2) is 4.99 Å². The lowest BCUT2D eigenvalue weighted by atomic mass is 10.1. The van der Waals surface area contributed by atoms with Gasteiger partial charge < -0.3 is 20.1 Å². The molecule has 31 heavy (non-hydrogen) atoms. The van der Waals surface area contributed by atoms with Crippen molar-refractivity contribution in [3.8, 4) is 11.5 Å². The van der Waals surface area contributed by atoms with Gasteiger partial charge in [0.05, 0.1) is 31.3 Å². The number of carbonyl (C=O) groups is 1. The molecule has 0 unspecified atom stereocenters. The summed E-state index contributed by atoms with van der Waals surface area (Å²) in [6.07, 6.45) is 2.13. The van der Waals surface area contributed by atoms with E-state index in [0.29, 0.717) is 41.8 Å². The van der Waals surface area contributed by atoms with E-state index in [-0.39, 0.29) is 11.9 Å². The van der Waals surface area contributed by atoms with Gasteiger partial charge in [-0.3, -0.25) is 15.1 Å². The Morgan fingerprint density at radius 2 is 1.77 bits per heavy atom. The molecule has 1 aliphatic heterocycles. The summed E-state index contributed by atoms with van der Waals surface area (Å²) >= 11 is 0. The quantitative estimate of drug-likeness (QED) is 0.328. The fourth-order valence-electron chi connectivity index (χ4n) is 3.47. The Balaban J connectivity index is 2.25. The second kappa shape index (κ2) is 10.8. The van der Waals surface area contributed by atoms with Crippen LogP contribution in [0.4, 0.5) is 11.4 Å². The number of methoxy groups -OCH3 is 2. The van der Waals surface area contributed by atoms with Crippen molar-refractivity contribution >= 4 is 29.0 Å². The van der Waals surface area contributed by atoms with E-state index >= 15 is 0 Å². The number of nitrogens with zero attached hydrogens (tertiary/aromatic N) is 2. The summed E-state index contributed by atoms with van der Waals surface area (Å²) < 4.78 is 10.9. The van der Waals surface area contributed by atoms with Gasteiger partial charge in [-0.2, -0.15) is 0 Å². The second-order valence-corrected chi connectivity index (χ2v) is 8.03. The van der Waals surface area contributed by atoms with Crippen molar-refractivity contribution in [1.29, 1.82) is 5.41 Å². The molecular formula is C23H35N5O3. The molecule has 170 valence electrons. The van der Waals surface area contributed by atoms with E-state index in [2.05, 4.69) is 10.6 Å². The van der Waals surface area contributed by atoms with E-state index < -0.39 is 0 Å². The number of anilines is 1. The van der Waals surface area contributed by atoms with Gasteiger partial charge in [0.15, 0.2) is 17.3 Å². The molecule has 0 atom stereocenters. The van der Waals surface area contributed by atoms with Crippen LogP contribution in [0.1, 0.15) is 53.9 Å². The van der Waals surface area contributed by atoms with Crippen LogP contribution in [0.5, 0.6) is 11.5 Å². The fraction of sp³-hybridized carbons (Fsp3) is 0.522. The van der Waals surface area contributed by atoms with Crippen molar-refractivity contribution in [3.63, 3.8) is 0 Å². The van der Waals surface area contributed by atoms with Crippen molar-refractivity contribution in [2.45, 2.75) is 59.9 Å². The highest BCUT2D eigenvalue weighted by atomic mass is 16.5. The van der Waals surface area contributed by atoms with Crippen LogP contribution in [0.2, 0.25) is 0 Å². The molecule has 1 heterocycles. The van der Waals surface area contributed by atoms with Crippen LogP contribution in [0, 0.1) is 5.41 Å². The SMILES string of the molecule is COc1cc2c(cc1OC)N(C(C)=N)C(=C(C)C)C(NCCCCC(=O)NC(C)C)=N2. The second-order valence-electron chi connectivity index (χ2n) is 8.03. The molecule has 0 fully saturated rings. The lowest BCUT2D eigenvalue weighted by molar-refractivity contribution is -0.121. The van der Waals surface area contributed by atoms with E-state index in [4.69, 9.17) is 19.9 Å². The Labute approximate surface area is 185 Å². The van der Waals surface area contributed by atoms with Gasteiger partial charge in [0, 0.05) is 31.1 Å². The lowest BCUT2D eigenvalue weighted by Gasteiger charge is -2.34. The van der Waals surface area contributed by atoms with Crippen LogP contribution in [-0.2, 0) is 4.79 Å². The first-order chi connectivity index (χ1) is 14.7. The standard InChI is InChI=1S/C23H35N5O3/c1-14(2)22-23(25-11-9-8-10-21(29)26-15(3)4)27-17-12-19(30-6)20(31-7)13-18(17)28(22)16(5)24/h12-13,15,24H,8-11H2,1-7H3,(H,25,27)(H,26,29). The van der Waals surface area contributed by atoms with E-state index in [0.717, 1.165) is 29.8 Å². The number of hydrogen-bond acceptors (Lipinski definition) is 6. The molecule has 1 aliphatic rings. The molecule has 0 bridgehead atoms. The summed E-state index contributed by atoms with van der Waals surface area (Å²) in [5.74, 6) is 2.34. The number of hydrogen-bond donors (Lipinski definition) is 3. The van der Waals surface area contributed by atoms with Gasteiger partial charge in [-0.05, 0) is 53.0 Å². The van der Waals surface area contributed by atoms with Crippen LogP contribution < -0.4 is 25.0 Å². The molecule has 1 amide bonds. The van der Waals surface area contributed by atoms with Gasteiger partial charge in [-0.15, -0.1) is 0 Å². The van der Waals surface area contributed by atoms with Gasteiger partial charge in [-0.1, -0.05) is 0 Å². The van der Waals surface area contributed by atoms with Crippen molar-refractivity contribution in [1.82, 2.24) is 10.6 Å². The molecule has 0 saturated carbocycles. The van der Waals surface area contributed by atoms with Gasteiger partial charge in [0.1, 0.15) is 5.84 Å². The number of allylic oxidation sites excluding steroid dienone is 1. The summed E-state index contributed by atoms with van der Waals surface area (Å²) in [6.45, 7) is 10.4. The number of aliphatic imine (C=N–C) groups is 1. The zero-order chi connectivity index (χ0) is 23.1. The minimum atomic E-state index is 0.0792. The Morgan fingerprint density at radius 1 is 1.13 bits per heavy atom. The third-order valence-corrected chi connectivity index (χ3v) is 4.78. The highest BCUT2D eigenvalue weighted by Crippen LogP contribution is 2.44. The van der Waals surface area contributed by atoms with E-state index in [9.17, 15) is 4.79 Å². The molecule has 2 rings (SSSR count). The van der Waals surface area contributed by atoms with Crippen molar-refractivity contribution in [2.24, 2.45) is 4.99 Å². The first-order valence-electron chi connectivity index (χ1n) is 10.6. The molecule has 1 aromatic rings. The van der Waals surface area contributed by atoms with Crippen molar-refractivity contribution in [2.75, 3.05) is 25.7 Å². The normalized spacial score (nSPS) is 12.8. The molecule has 0 saturated heterocycles. The smallest absolute Gasteiger partial charge is 0.220 e. The third kappa shape index (κ3) is 5.99. The third-order valence-electron chi connectivity index (χ3n) is 4.78. The summed E-state index contributed by atoms with van der Waals surface area (Å²) in [4.78, 5) is 18.5. The first-order valence-corrected chi connectivity index (χ1v) is 10.6. The average molecular weight is 430 g/mol. The van der Waals surface area contributed by atoms with Crippen LogP contribution in [0.15, 0.2) is 28.4 Å². The number of carbonyl (C=O) groups excluding carboxylic acids is 1. The number of unbranched alkanes of at least 4 members (excludes halogenated alkanes) is 1. The van der Waals surface area contributed by atoms with Crippen LogP contribution >= 0.6 is 0 Å². The van der Waals surface area contributed by atoms with Gasteiger partial charge in [0.25, 0.3) is 0 Å². The first kappa shape index (κ1) is 24.2. The number of benzene rings is 1. The molecule has 8 nitrogen and oxygen atoms in total. The molecule has 0 spiro atoms. The van der Waals surface area contributed by atoms with Crippen molar-refractivity contribution in [3.05, 3.63) is 23.4 Å². The number of amides is 1. The maximum Gasteiger partial charge on any atom is 0.220 e. The molecule has 0 aromatic heterocycles. The minimum Gasteiger partial charge on any atom is -0.493 e. The maximum absolute atomic E-state index is 11.8. The highest BCUT2D eigenvalue weighted by molar-refractivity contribution is 6.16. The Bertz CT molecular complexity index is 885. The van der Waals surface area contributed by atoms with Crippen LogP contribution in [0.25, 0.3) is 0 Å². The van der Waals surface area contributed by atoms with Gasteiger partial charge >= 0.3 is 0 Å². The monoisotopic (exact) mass is 429 g/mol. The summed E-state index contributed by atoms with van der Waals surface area (Å²) in [5.41, 5.74) is 3.37. The predicted molar refractivity (Wildman–Crippen MR) is 126 cm³/mol. The Hall–Kier alpha value is -3.03. The van der Waals surface area contributed by atoms with Crippen LogP contribution in [-0.4, -0.2) is 44.4 Å². The van der Waals surface area contributed by atoms with Crippen LogP contribution in [0.3, 0.4) is 0 Å². The molecule has 8 heteroatoms. The number of nitrogens with one attached hydrogen (secondary N) is 3. The van der Waals surface area contributed by atoms with Gasteiger partial charge in [0.2, 0.25) is 5.91 Å². The highest BCUT2D eigenvalue weighted by Gasteiger charge is 2.29. The maximum atomic E-state index is 11.8. The zero-order valence-corrected chi connectivity index (χ0v) is 19.7. The number of rotatable bonds is 8. The summed E-state index contributed by atoms with van der Waals surface area (Å²) in [7, 11) is 3.18. The van der Waals surface area contributed by atoms with Crippen molar-refractivity contribution < 1.29 is 14.3 Å². The molecular weight excluding hydrogens is 394 g/mol. The Morgan fingerprint density at radius 3 is 2.32 bits per heavy atom. The topological polar surface area (TPSA) is 99.0 Å². The number of ether oxygens (including phenoxy) is 2. The largest absolute Gasteiger partial charge is 0.493 e. The lowest BCUT2D eigenvalue weighted by Crippen LogP contribution is -2.40. The van der Waals surface area contributed by atoms with E-state index in [1.165, 1.54) is 0 Å². The molecule has 1 aromatic carbocycles. The minimum absolute atomic E-state index is 0.0792.